The second-order valence-corrected chi connectivity index (χ2v) is 5.07. The highest BCUT2D eigenvalue weighted by Crippen LogP contribution is 2.28. The summed E-state index contributed by atoms with van der Waals surface area (Å²) in [6.07, 6.45) is 0. The second-order valence-electron chi connectivity index (χ2n) is 5.07. The van der Waals surface area contributed by atoms with Gasteiger partial charge in [0.1, 0.15) is 5.75 Å². The Morgan fingerprint density at radius 3 is 2.40 bits per heavy atom. The molecule has 0 heterocycles. The third-order valence-corrected chi connectivity index (χ3v) is 3.26. The number of anilines is 1. The van der Waals surface area contributed by atoms with Gasteiger partial charge in [-0.2, -0.15) is 0 Å². The highest BCUT2D eigenvalue weighted by Gasteiger charge is 2.14. The fraction of sp³-hybridized carbons (Fsp3) is 0.235. The summed E-state index contributed by atoms with van der Waals surface area (Å²) in [4.78, 5) is 12.5. The van der Waals surface area contributed by atoms with Crippen molar-refractivity contribution in [3.8, 4) is 5.75 Å². The van der Waals surface area contributed by atoms with E-state index in [1.54, 1.807) is 37.4 Å². The number of carbonyl (C=O) groups is 1. The monoisotopic (exact) mass is 269 g/mol. The van der Waals surface area contributed by atoms with Gasteiger partial charge in [0.2, 0.25) is 0 Å². The highest BCUT2D eigenvalue weighted by molar-refractivity contribution is 6.09. The van der Waals surface area contributed by atoms with E-state index >= 15 is 0 Å². The first-order valence-electron chi connectivity index (χ1n) is 6.61. The molecular formula is C17H19NO2. The quantitative estimate of drug-likeness (QED) is 0.681. The zero-order valence-electron chi connectivity index (χ0n) is 12.0. The van der Waals surface area contributed by atoms with Gasteiger partial charge in [0.15, 0.2) is 5.78 Å². The van der Waals surface area contributed by atoms with E-state index in [-0.39, 0.29) is 5.78 Å². The number of methoxy groups -OCH3 is 1. The van der Waals surface area contributed by atoms with Gasteiger partial charge < -0.3 is 10.5 Å². The SMILES string of the molecule is COc1ccc(C(=O)c2cccc(N)c2)cc1C(C)C. The van der Waals surface area contributed by atoms with Crippen LogP contribution in [0.25, 0.3) is 0 Å². The molecule has 2 aromatic rings. The Morgan fingerprint density at radius 1 is 1.10 bits per heavy atom. The lowest BCUT2D eigenvalue weighted by Gasteiger charge is -2.13. The van der Waals surface area contributed by atoms with Crippen LogP contribution < -0.4 is 10.5 Å². The Kier molecular flexibility index (Phi) is 4.08. The summed E-state index contributed by atoms with van der Waals surface area (Å²) in [7, 11) is 1.64. The smallest absolute Gasteiger partial charge is 0.193 e. The van der Waals surface area contributed by atoms with Crippen molar-refractivity contribution >= 4 is 11.5 Å². The first kappa shape index (κ1) is 14.1. The van der Waals surface area contributed by atoms with Crippen LogP contribution in [0.15, 0.2) is 42.5 Å². The van der Waals surface area contributed by atoms with Crippen molar-refractivity contribution in [1.82, 2.24) is 0 Å². The van der Waals surface area contributed by atoms with Crippen LogP contribution in [0, 0.1) is 0 Å². The van der Waals surface area contributed by atoms with Gasteiger partial charge in [0, 0.05) is 16.8 Å². The molecule has 0 aliphatic carbocycles. The summed E-state index contributed by atoms with van der Waals surface area (Å²) in [6.45, 7) is 4.15. The zero-order chi connectivity index (χ0) is 14.7. The highest BCUT2D eigenvalue weighted by atomic mass is 16.5. The van der Waals surface area contributed by atoms with Crippen molar-refractivity contribution in [2.45, 2.75) is 19.8 Å². The van der Waals surface area contributed by atoms with E-state index < -0.39 is 0 Å². The van der Waals surface area contributed by atoms with Gasteiger partial charge in [0.05, 0.1) is 7.11 Å². The van der Waals surface area contributed by atoms with Crippen LogP contribution in [0.4, 0.5) is 5.69 Å². The second kappa shape index (κ2) is 5.78. The van der Waals surface area contributed by atoms with Crippen molar-refractivity contribution in [2.75, 3.05) is 12.8 Å². The van der Waals surface area contributed by atoms with Gasteiger partial charge in [-0.3, -0.25) is 4.79 Å². The fourth-order valence-corrected chi connectivity index (χ4v) is 2.17. The number of carbonyl (C=O) groups excluding carboxylic acids is 1. The normalized spacial score (nSPS) is 10.6. The molecule has 0 aliphatic rings. The van der Waals surface area contributed by atoms with Gasteiger partial charge >= 0.3 is 0 Å². The Balaban J connectivity index is 2.43. The molecule has 0 radical (unpaired) electrons. The maximum Gasteiger partial charge on any atom is 0.193 e. The molecule has 20 heavy (non-hydrogen) atoms. The molecule has 2 aromatic carbocycles. The van der Waals surface area contributed by atoms with Crippen molar-refractivity contribution in [1.29, 1.82) is 0 Å². The van der Waals surface area contributed by atoms with Crippen LogP contribution in [-0.2, 0) is 0 Å². The maximum atomic E-state index is 12.5. The van der Waals surface area contributed by atoms with E-state index in [1.807, 2.05) is 12.1 Å². The van der Waals surface area contributed by atoms with Crippen molar-refractivity contribution in [3.05, 3.63) is 59.2 Å². The molecule has 3 nitrogen and oxygen atoms in total. The third-order valence-electron chi connectivity index (χ3n) is 3.26. The Labute approximate surface area is 119 Å². The van der Waals surface area contributed by atoms with E-state index in [4.69, 9.17) is 10.5 Å². The molecule has 0 saturated carbocycles. The minimum atomic E-state index is -0.0261. The standard InChI is InChI=1S/C17H19NO2/c1-11(2)15-10-13(7-8-16(15)20-3)17(19)12-5-4-6-14(18)9-12/h4-11H,18H2,1-3H3. The van der Waals surface area contributed by atoms with Crippen molar-refractivity contribution in [2.24, 2.45) is 0 Å². The number of hydrogen-bond donors (Lipinski definition) is 1. The van der Waals surface area contributed by atoms with E-state index in [9.17, 15) is 4.79 Å². The van der Waals surface area contributed by atoms with Gasteiger partial charge in [-0.25, -0.2) is 0 Å². The molecule has 0 unspecified atom stereocenters. The molecule has 0 saturated heterocycles. The topological polar surface area (TPSA) is 52.3 Å². The summed E-state index contributed by atoms with van der Waals surface area (Å²) in [5, 5.41) is 0. The summed E-state index contributed by atoms with van der Waals surface area (Å²) in [6, 6.07) is 12.6. The molecule has 0 bridgehead atoms. The molecule has 0 fully saturated rings. The predicted octanol–water partition coefficient (Wildman–Crippen LogP) is 3.63. The largest absolute Gasteiger partial charge is 0.496 e. The summed E-state index contributed by atoms with van der Waals surface area (Å²) in [5.74, 6) is 1.07. The fourth-order valence-electron chi connectivity index (χ4n) is 2.17. The van der Waals surface area contributed by atoms with Gasteiger partial charge in [-0.05, 0) is 41.8 Å². The van der Waals surface area contributed by atoms with Crippen LogP contribution in [0.3, 0.4) is 0 Å². The predicted molar refractivity (Wildman–Crippen MR) is 81.4 cm³/mol. The average Bonchev–Trinajstić information content (AvgIpc) is 2.45. The number of benzene rings is 2. The zero-order valence-corrected chi connectivity index (χ0v) is 12.0. The molecule has 0 spiro atoms. The first-order valence-corrected chi connectivity index (χ1v) is 6.61. The molecule has 0 amide bonds. The number of nitrogen functional groups attached to an aromatic ring is 1. The average molecular weight is 269 g/mol. The van der Waals surface area contributed by atoms with Gasteiger partial charge in [-0.15, -0.1) is 0 Å². The van der Waals surface area contributed by atoms with Crippen LogP contribution in [0.5, 0.6) is 5.75 Å². The Bertz CT molecular complexity index is 633. The Hall–Kier alpha value is -2.29. The van der Waals surface area contributed by atoms with E-state index in [0.717, 1.165) is 11.3 Å². The van der Waals surface area contributed by atoms with E-state index in [0.29, 0.717) is 22.7 Å². The molecule has 0 atom stereocenters. The molecule has 0 aliphatic heterocycles. The van der Waals surface area contributed by atoms with E-state index in [2.05, 4.69) is 13.8 Å². The Morgan fingerprint density at radius 2 is 1.80 bits per heavy atom. The molecule has 0 aromatic heterocycles. The molecular weight excluding hydrogens is 250 g/mol. The first-order chi connectivity index (χ1) is 9.52. The lowest BCUT2D eigenvalue weighted by molar-refractivity contribution is 0.103. The van der Waals surface area contributed by atoms with Crippen LogP contribution in [0.1, 0.15) is 41.3 Å². The maximum absolute atomic E-state index is 12.5. The molecule has 2 rings (SSSR count). The van der Waals surface area contributed by atoms with Gasteiger partial charge in [-0.1, -0.05) is 26.0 Å². The summed E-state index contributed by atoms with van der Waals surface area (Å²) >= 11 is 0. The summed E-state index contributed by atoms with van der Waals surface area (Å²) < 4.78 is 5.33. The van der Waals surface area contributed by atoms with E-state index in [1.165, 1.54) is 0 Å². The van der Waals surface area contributed by atoms with Crippen molar-refractivity contribution in [3.63, 3.8) is 0 Å². The van der Waals surface area contributed by atoms with Crippen LogP contribution in [0.2, 0.25) is 0 Å². The molecule has 2 N–H and O–H groups in total. The number of ketones is 1. The van der Waals surface area contributed by atoms with Gasteiger partial charge in [0.25, 0.3) is 0 Å². The number of nitrogens with two attached hydrogens (primary N) is 1. The summed E-state index contributed by atoms with van der Waals surface area (Å²) in [5.41, 5.74) is 8.60. The molecule has 104 valence electrons. The minimum Gasteiger partial charge on any atom is -0.496 e. The third kappa shape index (κ3) is 2.82. The molecule has 3 heteroatoms. The van der Waals surface area contributed by atoms with Crippen LogP contribution >= 0.6 is 0 Å². The minimum absolute atomic E-state index is 0.0261. The number of rotatable bonds is 4. The lowest BCUT2D eigenvalue weighted by atomic mass is 9.95. The lowest BCUT2D eigenvalue weighted by Crippen LogP contribution is -2.04. The number of hydrogen-bond acceptors (Lipinski definition) is 3. The van der Waals surface area contributed by atoms with Crippen molar-refractivity contribution < 1.29 is 9.53 Å². The number of ether oxygens (including phenoxy) is 1. The van der Waals surface area contributed by atoms with Crippen LogP contribution in [-0.4, -0.2) is 12.9 Å².